The average molecular weight is 447 g/mol. The first kappa shape index (κ1) is 18.9. The van der Waals surface area contributed by atoms with Crippen molar-refractivity contribution in [3.05, 3.63) is 0 Å². The van der Waals surface area contributed by atoms with Gasteiger partial charge in [0, 0.05) is 16.0 Å². The highest BCUT2D eigenvalue weighted by molar-refractivity contribution is 14.1. The first-order valence-electron chi connectivity index (χ1n) is 10.1. The van der Waals surface area contributed by atoms with Gasteiger partial charge in [-0.1, -0.05) is 42.4 Å². The monoisotopic (exact) mass is 447 g/mol. The van der Waals surface area contributed by atoms with Crippen molar-refractivity contribution in [1.29, 1.82) is 0 Å². The van der Waals surface area contributed by atoms with Crippen LogP contribution in [0.5, 0.6) is 0 Å². The van der Waals surface area contributed by atoms with Crippen molar-refractivity contribution in [1.82, 2.24) is 4.90 Å². The molecule has 0 aromatic heterocycles. The molecule has 3 nitrogen and oxygen atoms in total. The Balaban J connectivity index is 1.73. The van der Waals surface area contributed by atoms with E-state index in [0.29, 0.717) is 12.0 Å². The van der Waals surface area contributed by atoms with Gasteiger partial charge in [-0.2, -0.15) is 0 Å². The lowest BCUT2D eigenvalue weighted by Gasteiger charge is -2.47. The third-order valence-electron chi connectivity index (χ3n) is 6.91. The second-order valence-electron chi connectivity index (χ2n) is 8.20. The number of ether oxygens (including phenoxy) is 1. The Kier molecular flexibility index (Phi) is 6.86. The average Bonchev–Trinajstić information content (AvgIpc) is 2.87. The van der Waals surface area contributed by atoms with E-state index in [9.17, 15) is 4.79 Å². The van der Waals surface area contributed by atoms with Crippen LogP contribution < -0.4 is 0 Å². The fourth-order valence-electron chi connectivity index (χ4n) is 5.70. The lowest BCUT2D eigenvalue weighted by atomic mass is 9.68. The van der Waals surface area contributed by atoms with Crippen molar-refractivity contribution < 1.29 is 9.53 Å². The highest BCUT2D eigenvalue weighted by Crippen LogP contribution is 2.49. The number of hydrogen-bond acceptors (Lipinski definition) is 3. The molecule has 2 bridgehead atoms. The van der Waals surface area contributed by atoms with Crippen molar-refractivity contribution in [2.45, 2.75) is 87.1 Å². The topological polar surface area (TPSA) is 29.5 Å². The molecule has 4 atom stereocenters. The number of carbonyl (C=O) groups excluding carboxylic acids is 1. The van der Waals surface area contributed by atoms with E-state index in [1.54, 1.807) is 7.11 Å². The third-order valence-corrected chi connectivity index (χ3v) is 8.16. The molecule has 2 heterocycles. The Bertz CT molecular complexity index is 422. The largest absolute Gasteiger partial charge is 0.469 e. The highest BCUT2D eigenvalue weighted by atomic mass is 127. The minimum atomic E-state index is 0.0717. The molecule has 0 spiro atoms. The number of esters is 1. The van der Waals surface area contributed by atoms with Gasteiger partial charge in [0.1, 0.15) is 0 Å². The molecule has 1 saturated carbocycles. The molecule has 2 saturated heterocycles. The standard InChI is InChI=1S/C20H34INO2/c1-3-4-5-12-22-16-10-11-18(22)19(20(23)24-2)17(13-16)14-6-8-15(21)9-7-14/h14-19H,3-13H2,1-2H3/t14?,15?,16-,17-,18?,19?/m1/s1. The van der Waals surface area contributed by atoms with Crippen LogP contribution in [0.25, 0.3) is 0 Å². The van der Waals surface area contributed by atoms with Crippen molar-refractivity contribution in [2.75, 3.05) is 13.7 Å². The number of fused-ring (bicyclic) bond motifs is 2. The van der Waals surface area contributed by atoms with E-state index in [-0.39, 0.29) is 11.9 Å². The third kappa shape index (κ3) is 3.94. The van der Waals surface area contributed by atoms with E-state index in [0.717, 1.165) is 15.9 Å². The van der Waals surface area contributed by atoms with Crippen LogP contribution in [-0.4, -0.2) is 40.5 Å². The molecular formula is C20H34INO2. The first-order valence-corrected chi connectivity index (χ1v) is 11.4. The molecule has 0 N–H and O–H groups in total. The Morgan fingerprint density at radius 2 is 1.88 bits per heavy atom. The molecule has 3 rings (SSSR count). The van der Waals surface area contributed by atoms with Gasteiger partial charge >= 0.3 is 5.97 Å². The van der Waals surface area contributed by atoms with Gasteiger partial charge < -0.3 is 4.74 Å². The zero-order valence-corrected chi connectivity index (χ0v) is 17.5. The minimum absolute atomic E-state index is 0.0717. The van der Waals surface area contributed by atoms with E-state index in [4.69, 9.17) is 4.74 Å². The number of methoxy groups -OCH3 is 1. The van der Waals surface area contributed by atoms with Crippen LogP contribution in [0.2, 0.25) is 0 Å². The smallest absolute Gasteiger partial charge is 0.310 e. The summed E-state index contributed by atoms with van der Waals surface area (Å²) in [4.78, 5) is 15.4. The highest BCUT2D eigenvalue weighted by Gasteiger charge is 2.52. The maximum absolute atomic E-state index is 12.7. The minimum Gasteiger partial charge on any atom is -0.469 e. The number of unbranched alkanes of at least 4 members (excludes halogenated alkanes) is 2. The fraction of sp³-hybridized carbons (Fsp3) is 0.950. The summed E-state index contributed by atoms with van der Waals surface area (Å²) >= 11 is 2.61. The summed E-state index contributed by atoms with van der Waals surface area (Å²) in [5, 5.41) is 0. The van der Waals surface area contributed by atoms with Crippen molar-refractivity contribution in [3.63, 3.8) is 0 Å². The summed E-state index contributed by atoms with van der Waals surface area (Å²) < 4.78 is 6.14. The molecule has 2 unspecified atom stereocenters. The lowest BCUT2D eigenvalue weighted by Crippen LogP contribution is -2.53. The molecule has 0 aromatic rings. The van der Waals surface area contributed by atoms with Crippen LogP contribution in [0.15, 0.2) is 0 Å². The molecule has 0 aromatic carbocycles. The number of carbonyl (C=O) groups is 1. The molecule has 0 amide bonds. The predicted molar refractivity (Wildman–Crippen MR) is 106 cm³/mol. The van der Waals surface area contributed by atoms with Crippen molar-refractivity contribution in [2.24, 2.45) is 17.8 Å². The number of rotatable bonds is 6. The van der Waals surface area contributed by atoms with Crippen LogP contribution >= 0.6 is 22.6 Å². The Morgan fingerprint density at radius 3 is 2.54 bits per heavy atom. The fourth-order valence-corrected chi connectivity index (χ4v) is 6.42. The maximum atomic E-state index is 12.7. The van der Waals surface area contributed by atoms with Crippen LogP contribution in [0.4, 0.5) is 0 Å². The predicted octanol–water partition coefficient (Wildman–Crippen LogP) is 4.81. The second-order valence-corrected chi connectivity index (χ2v) is 9.97. The number of halogens is 1. The molecule has 3 fully saturated rings. The van der Waals surface area contributed by atoms with E-state index in [1.807, 2.05) is 0 Å². The van der Waals surface area contributed by atoms with E-state index < -0.39 is 0 Å². The zero-order chi connectivity index (χ0) is 17.1. The van der Waals surface area contributed by atoms with Gasteiger partial charge in [-0.15, -0.1) is 0 Å². The van der Waals surface area contributed by atoms with Crippen LogP contribution in [0.1, 0.15) is 71.1 Å². The number of alkyl halides is 1. The SMILES string of the molecule is CCCCCN1C2CC[C@@H]1C[C@H](C1CCC(I)CC1)C2C(=O)OC. The number of piperidine rings is 1. The summed E-state index contributed by atoms with van der Waals surface area (Å²) in [6.07, 6.45) is 12.9. The number of nitrogens with zero attached hydrogens (tertiary/aromatic N) is 1. The maximum Gasteiger partial charge on any atom is 0.310 e. The normalized spacial score (nSPS) is 39.8. The molecule has 1 aliphatic carbocycles. The molecule has 0 radical (unpaired) electrons. The van der Waals surface area contributed by atoms with Gasteiger partial charge in [-0.05, 0) is 69.7 Å². The van der Waals surface area contributed by atoms with Crippen molar-refractivity contribution >= 4 is 28.6 Å². The van der Waals surface area contributed by atoms with E-state index >= 15 is 0 Å². The van der Waals surface area contributed by atoms with Crippen molar-refractivity contribution in [3.8, 4) is 0 Å². The lowest BCUT2D eigenvalue weighted by molar-refractivity contribution is -0.154. The van der Waals surface area contributed by atoms with Gasteiger partial charge in [0.05, 0.1) is 13.0 Å². The van der Waals surface area contributed by atoms with Gasteiger partial charge in [-0.3, -0.25) is 9.69 Å². The first-order chi connectivity index (χ1) is 11.7. The van der Waals surface area contributed by atoms with E-state index in [1.165, 1.54) is 70.8 Å². The summed E-state index contributed by atoms with van der Waals surface area (Å²) in [6, 6.07) is 1.19. The Morgan fingerprint density at radius 1 is 1.12 bits per heavy atom. The summed E-state index contributed by atoms with van der Waals surface area (Å²) in [7, 11) is 1.59. The van der Waals surface area contributed by atoms with Crippen LogP contribution in [0.3, 0.4) is 0 Å². The molecule has 4 heteroatoms. The van der Waals surface area contributed by atoms with Gasteiger partial charge in [0.15, 0.2) is 0 Å². The summed E-state index contributed by atoms with van der Waals surface area (Å²) in [6.45, 7) is 3.45. The number of hydrogen-bond donors (Lipinski definition) is 0. The van der Waals surface area contributed by atoms with Gasteiger partial charge in [0.2, 0.25) is 0 Å². The van der Waals surface area contributed by atoms with Crippen LogP contribution in [-0.2, 0) is 9.53 Å². The van der Waals surface area contributed by atoms with Crippen LogP contribution in [0, 0.1) is 17.8 Å². The van der Waals surface area contributed by atoms with Gasteiger partial charge in [-0.25, -0.2) is 0 Å². The molecule has 138 valence electrons. The molecule has 24 heavy (non-hydrogen) atoms. The van der Waals surface area contributed by atoms with Gasteiger partial charge in [0.25, 0.3) is 0 Å². The molecule has 3 aliphatic rings. The Labute approximate surface area is 161 Å². The molecular weight excluding hydrogens is 413 g/mol. The zero-order valence-electron chi connectivity index (χ0n) is 15.4. The Hall–Kier alpha value is 0.160. The quantitative estimate of drug-likeness (QED) is 0.253. The molecule has 2 aliphatic heterocycles. The van der Waals surface area contributed by atoms with E-state index in [2.05, 4.69) is 34.4 Å². The summed E-state index contributed by atoms with van der Waals surface area (Å²) in [5.41, 5.74) is 0. The summed E-state index contributed by atoms with van der Waals surface area (Å²) in [5.74, 6) is 1.52. The second kappa shape index (κ2) is 8.70.